The molecule has 0 aliphatic heterocycles. The van der Waals surface area contributed by atoms with Crippen LogP contribution in [0, 0.1) is 0 Å². The molecule has 0 radical (unpaired) electrons. The maximum absolute atomic E-state index is 11.5. The van der Waals surface area contributed by atoms with Gasteiger partial charge in [-0.3, -0.25) is 4.79 Å². The number of aryl methyl sites for hydroxylation is 1. The lowest BCUT2D eigenvalue weighted by atomic mass is 10.1. The van der Waals surface area contributed by atoms with Crippen LogP contribution in [0.15, 0.2) is 30.3 Å². The van der Waals surface area contributed by atoms with Crippen LogP contribution < -0.4 is 17.2 Å². The number of carbonyl (C=O) groups is 1. The van der Waals surface area contributed by atoms with Gasteiger partial charge in [0.05, 0.1) is 11.1 Å². The molecule has 21 heavy (non-hydrogen) atoms. The standard InChI is InChI=1S/C15H17N5O/c16-6-3-7-20-12-5-2-1-4-9(12)10-8-11(14(18)21)13(17)19-15(10)20/h1-2,4-5,8H,3,6-7,16H2,(H2,17,19)(H2,18,21). The highest BCUT2D eigenvalue weighted by molar-refractivity contribution is 6.10. The van der Waals surface area contributed by atoms with Crippen LogP contribution in [0.2, 0.25) is 0 Å². The summed E-state index contributed by atoms with van der Waals surface area (Å²) in [5, 5.41) is 1.91. The molecule has 0 aliphatic rings. The molecule has 3 aromatic rings. The SMILES string of the molecule is NCCCn1c2ccccc2c2cc(C(N)=O)c(N)nc21. The van der Waals surface area contributed by atoms with Crippen LogP contribution in [0.3, 0.4) is 0 Å². The van der Waals surface area contributed by atoms with Crippen molar-refractivity contribution in [3.05, 3.63) is 35.9 Å². The number of aromatic nitrogens is 2. The van der Waals surface area contributed by atoms with Crippen molar-refractivity contribution < 1.29 is 4.79 Å². The number of hydrogen-bond acceptors (Lipinski definition) is 4. The monoisotopic (exact) mass is 283 g/mol. The topological polar surface area (TPSA) is 113 Å². The minimum absolute atomic E-state index is 0.159. The molecule has 0 saturated carbocycles. The van der Waals surface area contributed by atoms with E-state index in [1.807, 2.05) is 24.3 Å². The average molecular weight is 283 g/mol. The smallest absolute Gasteiger partial charge is 0.252 e. The molecule has 0 unspecified atom stereocenters. The number of rotatable bonds is 4. The van der Waals surface area contributed by atoms with Gasteiger partial charge in [-0.15, -0.1) is 0 Å². The normalized spacial score (nSPS) is 11.3. The van der Waals surface area contributed by atoms with Gasteiger partial charge in [-0.05, 0) is 25.1 Å². The Morgan fingerprint density at radius 1 is 1.24 bits per heavy atom. The van der Waals surface area contributed by atoms with Gasteiger partial charge in [-0.25, -0.2) is 4.98 Å². The van der Waals surface area contributed by atoms with Crippen molar-refractivity contribution in [2.45, 2.75) is 13.0 Å². The van der Waals surface area contributed by atoms with Crippen LogP contribution in [-0.2, 0) is 6.54 Å². The summed E-state index contributed by atoms with van der Waals surface area (Å²) in [6.07, 6.45) is 0.840. The van der Waals surface area contributed by atoms with Crippen molar-refractivity contribution >= 4 is 33.7 Å². The van der Waals surface area contributed by atoms with Gasteiger partial charge in [-0.2, -0.15) is 0 Å². The molecule has 0 bridgehead atoms. The second-order valence-corrected chi connectivity index (χ2v) is 4.97. The lowest BCUT2D eigenvalue weighted by molar-refractivity contribution is 0.100. The molecule has 0 aliphatic carbocycles. The summed E-state index contributed by atoms with van der Waals surface area (Å²) in [7, 11) is 0. The fourth-order valence-electron chi connectivity index (χ4n) is 2.65. The number of fused-ring (bicyclic) bond motifs is 3. The minimum Gasteiger partial charge on any atom is -0.383 e. The summed E-state index contributed by atoms with van der Waals surface area (Å²) in [6, 6.07) is 9.67. The first kappa shape index (κ1) is 13.4. The number of anilines is 1. The number of primary amides is 1. The number of hydrogen-bond donors (Lipinski definition) is 3. The van der Waals surface area contributed by atoms with Crippen LogP contribution in [0.1, 0.15) is 16.8 Å². The summed E-state index contributed by atoms with van der Waals surface area (Å²) < 4.78 is 2.08. The van der Waals surface area contributed by atoms with Gasteiger partial charge in [-0.1, -0.05) is 18.2 Å². The molecule has 0 spiro atoms. The highest BCUT2D eigenvalue weighted by Crippen LogP contribution is 2.30. The van der Waals surface area contributed by atoms with E-state index < -0.39 is 5.91 Å². The predicted molar refractivity (Wildman–Crippen MR) is 83.8 cm³/mol. The molecule has 0 atom stereocenters. The molecule has 1 aromatic carbocycles. The van der Waals surface area contributed by atoms with Crippen molar-refractivity contribution in [2.24, 2.45) is 11.5 Å². The zero-order valence-corrected chi connectivity index (χ0v) is 11.5. The number of para-hydroxylation sites is 1. The third-order valence-electron chi connectivity index (χ3n) is 3.62. The van der Waals surface area contributed by atoms with Crippen molar-refractivity contribution in [2.75, 3.05) is 12.3 Å². The predicted octanol–water partition coefficient (Wildman–Crippen LogP) is 1.22. The lowest BCUT2D eigenvalue weighted by Gasteiger charge is -2.06. The molecule has 6 nitrogen and oxygen atoms in total. The summed E-state index contributed by atoms with van der Waals surface area (Å²) in [6.45, 7) is 1.35. The number of pyridine rings is 1. The first-order chi connectivity index (χ1) is 10.1. The Balaban J connectivity index is 2.37. The third-order valence-corrected chi connectivity index (χ3v) is 3.62. The van der Waals surface area contributed by atoms with Gasteiger partial charge in [0.25, 0.3) is 5.91 Å². The second-order valence-electron chi connectivity index (χ2n) is 4.97. The Labute approximate surface area is 121 Å². The lowest BCUT2D eigenvalue weighted by Crippen LogP contribution is -2.15. The zero-order valence-electron chi connectivity index (χ0n) is 11.5. The van der Waals surface area contributed by atoms with Crippen LogP contribution in [0.5, 0.6) is 0 Å². The number of nitrogens with two attached hydrogens (primary N) is 3. The van der Waals surface area contributed by atoms with E-state index in [4.69, 9.17) is 17.2 Å². The van der Waals surface area contributed by atoms with E-state index in [9.17, 15) is 4.79 Å². The van der Waals surface area contributed by atoms with E-state index in [-0.39, 0.29) is 11.4 Å². The van der Waals surface area contributed by atoms with E-state index in [2.05, 4.69) is 9.55 Å². The van der Waals surface area contributed by atoms with Gasteiger partial charge in [0.2, 0.25) is 0 Å². The first-order valence-electron chi connectivity index (χ1n) is 6.81. The minimum atomic E-state index is -0.569. The van der Waals surface area contributed by atoms with E-state index >= 15 is 0 Å². The largest absolute Gasteiger partial charge is 0.383 e. The summed E-state index contributed by atoms with van der Waals surface area (Å²) in [5.74, 6) is -0.410. The molecule has 6 heteroatoms. The number of amides is 1. The van der Waals surface area contributed by atoms with Crippen molar-refractivity contribution in [3.63, 3.8) is 0 Å². The van der Waals surface area contributed by atoms with E-state index in [0.29, 0.717) is 6.54 Å². The zero-order chi connectivity index (χ0) is 15.0. The third kappa shape index (κ3) is 2.09. The molecule has 0 saturated heterocycles. The van der Waals surface area contributed by atoms with Gasteiger partial charge in [0.15, 0.2) is 0 Å². The van der Waals surface area contributed by atoms with E-state index in [1.54, 1.807) is 6.07 Å². The van der Waals surface area contributed by atoms with Gasteiger partial charge in [0.1, 0.15) is 11.5 Å². The molecular formula is C15H17N5O. The maximum Gasteiger partial charge on any atom is 0.252 e. The molecule has 0 fully saturated rings. The summed E-state index contributed by atoms with van der Waals surface area (Å²) in [5.41, 5.74) is 18.9. The van der Waals surface area contributed by atoms with Gasteiger partial charge >= 0.3 is 0 Å². The fraction of sp³-hybridized carbons (Fsp3) is 0.200. The molecule has 1 amide bonds. The second kappa shape index (κ2) is 5.06. The van der Waals surface area contributed by atoms with Crippen LogP contribution in [0.4, 0.5) is 5.82 Å². The molecule has 6 N–H and O–H groups in total. The molecule has 3 rings (SSSR count). The maximum atomic E-state index is 11.5. The quantitative estimate of drug-likeness (QED) is 0.668. The first-order valence-corrected chi connectivity index (χ1v) is 6.81. The van der Waals surface area contributed by atoms with Gasteiger partial charge < -0.3 is 21.8 Å². The van der Waals surface area contributed by atoms with E-state index in [0.717, 1.165) is 34.9 Å². The molecular weight excluding hydrogens is 266 g/mol. The van der Waals surface area contributed by atoms with Crippen LogP contribution >= 0.6 is 0 Å². The summed E-state index contributed by atoms with van der Waals surface area (Å²) in [4.78, 5) is 15.8. The molecule has 108 valence electrons. The summed E-state index contributed by atoms with van der Waals surface area (Å²) >= 11 is 0. The van der Waals surface area contributed by atoms with Crippen LogP contribution in [0.25, 0.3) is 21.9 Å². The Morgan fingerprint density at radius 2 is 2.00 bits per heavy atom. The fourth-order valence-corrected chi connectivity index (χ4v) is 2.65. The molecule has 2 heterocycles. The highest BCUT2D eigenvalue weighted by atomic mass is 16.1. The number of carbonyl (C=O) groups excluding carboxylic acids is 1. The number of benzene rings is 1. The Kier molecular flexibility index (Phi) is 3.23. The van der Waals surface area contributed by atoms with Crippen LogP contribution in [-0.4, -0.2) is 22.0 Å². The van der Waals surface area contributed by atoms with Crippen molar-refractivity contribution in [3.8, 4) is 0 Å². The van der Waals surface area contributed by atoms with Crippen molar-refractivity contribution in [1.29, 1.82) is 0 Å². The Hall–Kier alpha value is -2.60. The highest BCUT2D eigenvalue weighted by Gasteiger charge is 2.16. The Bertz CT molecular complexity index is 837. The number of nitrogen functional groups attached to an aromatic ring is 1. The number of nitrogens with zero attached hydrogens (tertiary/aromatic N) is 2. The van der Waals surface area contributed by atoms with E-state index in [1.165, 1.54) is 0 Å². The average Bonchev–Trinajstić information content (AvgIpc) is 2.77. The van der Waals surface area contributed by atoms with Crippen molar-refractivity contribution in [1.82, 2.24) is 9.55 Å². The Morgan fingerprint density at radius 3 is 2.71 bits per heavy atom. The molecule has 2 aromatic heterocycles. The van der Waals surface area contributed by atoms with Gasteiger partial charge in [0, 0.05) is 17.3 Å².